The van der Waals surface area contributed by atoms with Crippen molar-refractivity contribution in [2.24, 2.45) is 0 Å². The van der Waals surface area contributed by atoms with Gasteiger partial charge >= 0.3 is 0 Å². The number of carbonyl (C=O) groups is 1. The second-order valence-corrected chi connectivity index (χ2v) is 3.61. The third-order valence-corrected chi connectivity index (χ3v) is 2.19. The number of nitrogens with one attached hydrogen (secondary N) is 1. The minimum absolute atomic E-state index is 0.0146. The van der Waals surface area contributed by atoms with Crippen LogP contribution in [-0.4, -0.2) is 21.2 Å². The summed E-state index contributed by atoms with van der Waals surface area (Å²) < 4.78 is 0. The Morgan fingerprint density at radius 1 is 1.36 bits per heavy atom. The lowest BCUT2D eigenvalue weighted by atomic mass is 10.2. The van der Waals surface area contributed by atoms with E-state index in [0.29, 0.717) is 12.1 Å². The second kappa shape index (κ2) is 6.48. The number of nitrogens with zero attached hydrogens (tertiary/aromatic N) is 2. The maximum absolute atomic E-state index is 11.3. The van der Waals surface area contributed by atoms with E-state index in [4.69, 9.17) is 0 Å². The Labute approximate surface area is 91.3 Å². The third kappa shape index (κ3) is 4.32. The smallest absolute Gasteiger partial charge is 0.224 e. The Kier molecular flexibility index (Phi) is 5.14. The maximum Gasteiger partial charge on any atom is 0.224 e. The van der Waals surface area contributed by atoms with Gasteiger partial charge in [0.05, 0.1) is 18.1 Å². The minimum atomic E-state index is 0.0146. The van der Waals surface area contributed by atoms with Crippen LogP contribution in [0.4, 0.5) is 5.69 Å². The molecule has 0 aliphatic rings. The number of alkyl halides is 1. The van der Waals surface area contributed by atoms with E-state index < -0.39 is 0 Å². The third-order valence-electron chi connectivity index (χ3n) is 1.63. The molecule has 0 radical (unpaired) electrons. The summed E-state index contributed by atoms with van der Waals surface area (Å²) in [6.45, 7) is 0. The van der Waals surface area contributed by atoms with Gasteiger partial charge in [0, 0.05) is 11.8 Å². The van der Waals surface area contributed by atoms with Crippen molar-refractivity contribution in [3.63, 3.8) is 0 Å². The van der Waals surface area contributed by atoms with Gasteiger partial charge in [-0.25, -0.2) is 9.97 Å². The summed E-state index contributed by atoms with van der Waals surface area (Å²) in [4.78, 5) is 18.9. The van der Waals surface area contributed by atoms with Crippen LogP contribution in [0.3, 0.4) is 0 Å². The molecule has 1 aromatic rings. The fraction of sp³-hybridized carbons (Fsp3) is 0.444. The molecule has 0 aliphatic carbocycles. The number of carbonyl (C=O) groups excluding carboxylic acids is 1. The maximum atomic E-state index is 11.3. The molecule has 1 N–H and O–H groups in total. The van der Waals surface area contributed by atoms with Crippen molar-refractivity contribution in [1.29, 1.82) is 0 Å². The highest BCUT2D eigenvalue weighted by Crippen LogP contribution is 2.04. The Morgan fingerprint density at radius 2 is 2.07 bits per heavy atom. The van der Waals surface area contributed by atoms with Gasteiger partial charge in [-0.3, -0.25) is 4.79 Å². The summed E-state index contributed by atoms with van der Waals surface area (Å²) in [6, 6.07) is 0. The molecule has 0 atom stereocenters. The Morgan fingerprint density at radius 3 is 2.71 bits per heavy atom. The summed E-state index contributed by atoms with van der Waals surface area (Å²) in [5.74, 6) is 0.0146. The zero-order chi connectivity index (χ0) is 10.2. The molecule has 0 saturated carbocycles. The molecule has 0 fully saturated rings. The average Bonchev–Trinajstić information content (AvgIpc) is 2.20. The molecule has 5 heteroatoms. The minimum Gasteiger partial charge on any atom is -0.323 e. The molecule has 1 amide bonds. The van der Waals surface area contributed by atoms with Crippen LogP contribution in [0.5, 0.6) is 0 Å². The average molecular weight is 258 g/mol. The van der Waals surface area contributed by atoms with E-state index >= 15 is 0 Å². The van der Waals surface area contributed by atoms with E-state index in [9.17, 15) is 4.79 Å². The van der Waals surface area contributed by atoms with Crippen LogP contribution < -0.4 is 5.32 Å². The molecule has 0 aromatic carbocycles. The first-order valence-electron chi connectivity index (χ1n) is 4.44. The van der Waals surface area contributed by atoms with Crippen molar-refractivity contribution >= 4 is 27.5 Å². The second-order valence-electron chi connectivity index (χ2n) is 2.82. The van der Waals surface area contributed by atoms with E-state index in [1.165, 1.54) is 6.33 Å². The molecule has 1 rings (SSSR count). The number of hydrogen-bond acceptors (Lipinski definition) is 3. The summed E-state index contributed by atoms with van der Waals surface area (Å²) >= 11 is 3.31. The summed E-state index contributed by atoms with van der Waals surface area (Å²) in [5, 5.41) is 3.66. The SMILES string of the molecule is O=C(CCCCBr)Nc1cncnc1. The van der Waals surface area contributed by atoms with Crippen molar-refractivity contribution in [3.05, 3.63) is 18.7 Å². The topological polar surface area (TPSA) is 54.9 Å². The van der Waals surface area contributed by atoms with Crippen molar-refractivity contribution < 1.29 is 4.79 Å². The number of anilines is 1. The van der Waals surface area contributed by atoms with Gasteiger partial charge in [0.1, 0.15) is 6.33 Å². The molecular weight excluding hydrogens is 246 g/mol. The molecule has 14 heavy (non-hydrogen) atoms. The molecule has 0 saturated heterocycles. The number of rotatable bonds is 5. The molecule has 0 aliphatic heterocycles. The lowest BCUT2D eigenvalue weighted by Gasteiger charge is -2.02. The van der Waals surface area contributed by atoms with E-state index in [0.717, 1.165) is 18.2 Å². The zero-order valence-corrected chi connectivity index (χ0v) is 9.33. The normalized spacial score (nSPS) is 9.79. The van der Waals surface area contributed by atoms with Crippen molar-refractivity contribution in [2.75, 3.05) is 10.6 Å². The first-order valence-corrected chi connectivity index (χ1v) is 5.56. The van der Waals surface area contributed by atoms with Crippen LogP contribution in [0.25, 0.3) is 0 Å². The number of unbranched alkanes of at least 4 members (excludes halogenated alkanes) is 1. The van der Waals surface area contributed by atoms with Crippen LogP contribution in [0.15, 0.2) is 18.7 Å². The molecular formula is C9H12BrN3O. The monoisotopic (exact) mass is 257 g/mol. The summed E-state index contributed by atoms with van der Waals surface area (Å²) in [5.41, 5.74) is 0.649. The van der Waals surface area contributed by atoms with Gasteiger partial charge in [-0.1, -0.05) is 15.9 Å². The lowest BCUT2D eigenvalue weighted by molar-refractivity contribution is -0.116. The van der Waals surface area contributed by atoms with Crippen LogP contribution >= 0.6 is 15.9 Å². The Hall–Kier alpha value is -0.970. The van der Waals surface area contributed by atoms with Gasteiger partial charge in [0.15, 0.2) is 0 Å². The first kappa shape index (κ1) is 11.1. The van der Waals surface area contributed by atoms with E-state index in [2.05, 4.69) is 31.2 Å². The molecule has 0 bridgehead atoms. The molecule has 1 heterocycles. The lowest BCUT2D eigenvalue weighted by Crippen LogP contribution is -2.11. The van der Waals surface area contributed by atoms with E-state index in [1.54, 1.807) is 12.4 Å². The molecule has 0 unspecified atom stereocenters. The van der Waals surface area contributed by atoms with Gasteiger partial charge in [-0.15, -0.1) is 0 Å². The van der Waals surface area contributed by atoms with E-state index in [-0.39, 0.29) is 5.91 Å². The van der Waals surface area contributed by atoms with Crippen molar-refractivity contribution in [1.82, 2.24) is 9.97 Å². The predicted molar refractivity (Wildman–Crippen MR) is 58.3 cm³/mol. The van der Waals surface area contributed by atoms with Crippen LogP contribution in [0.2, 0.25) is 0 Å². The fourth-order valence-electron chi connectivity index (χ4n) is 0.967. The first-order chi connectivity index (χ1) is 6.83. The Balaban J connectivity index is 2.27. The number of halogens is 1. The van der Waals surface area contributed by atoms with Crippen LogP contribution in [-0.2, 0) is 4.79 Å². The summed E-state index contributed by atoms with van der Waals surface area (Å²) in [7, 11) is 0. The molecule has 0 spiro atoms. The van der Waals surface area contributed by atoms with Crippen molar-refractivity contribution in [3.8, 4) is 0 Å². The number of amides is 1. The van der Waals surface area contributed by atoms with Crippen molar-refractivity contribution in [2.45, 2.75) is 19.3 Å². The van der Waals surface area contributed by atoms with Gasteiger partial charge in [0.2, 0.25) is 5.91 Å². The van der Waals surface area contributed by atoms with E-state index in [1.807, 2.05) is 0 Å². The van der Waals surface area contributed by atoms with Crippen LogP contribution in [0, 0.1) is 0 Å². The predicted octanol–water partition coefficient (Wildman–Crippen LogP) is 1.98. The highest BCUT2D eigenvalue weighted by Gasteiger charge is 2.01. The van der Waals surface area contributed by atoms with Gasteiger partial charge < -0.3 is 5.32 Å². The standard InChI is InChI=1S/C9H12BrN3O/c10-4-2-1-3-9(14)13-8-5-11-7-12-6-8/h5-7H,1-4H2,(H,13,14). The highest BCUT2D eigenvalue weighted by atomic mass is 79.9. The fourth-order valence-corrected chi connectivity index (χ4v) is 1.36. The molecule has 1 aromatic heterocycles. The molecule has 4 nitrogen and oxygen atoms in total. The highest BCUT2D eigenvalue weighted by molar-refractivity contribution is 9.09. The number of hydrogen-bond donors (Lipinski definition) is 1. The van der Waals surface area contributed by atoms with Gasteiger partial charge in [-0.2, -0.15) is 0 Å². The quantitative estimate of drug-likeness (QED) is 0.649. The zero-order valence-electron chi connectivity index (χ0n) is 7.74. The number of aromatic nitrogens is 2. The van der Waals surface area contributed by atoms with Crippen LogP contribution in [0.1, 0.15) is 19.3 Å². The Bertz CT molecular complexity index is 279. The summed E-state index contributed by atoms with van der Waals surface area (Å²) in [6.07, 6.45) is 7.04. The van der Waals surface area contributed by atoms with Gasteiger partial charge in [0.25, 0.3) is 0 Å². The van der Waals surface area contributed by atoms with Gasteiger partial charge in [-0.05, 0) is 12.8 Å². The molecule has 76 valence electrons. The largest absolute Gasteiger partial charge is 0.323 e.